The van der Waals surface area contributed by atoms with Crippen molar-refractivity contribution in [1.29, 1.82) is 0 Å². The van der Waals surface area contributed by atoms with E-state index in [0.29, 0.717) is 18.3 Å². The van der Waals surface area contributed by atoms with Crippen molar-refractivity contribution in [3.63, 3.8) is 0 Å². The molecule has 2 fully saturated rings. The Hall–Kier alpha value is -1.55. The number of nitrogen functional groups attached to an aromatic ring is 1. The van der Waals surface area contributed by atoms with Gasteiger partial charge in [0.15, 0.2) is 0 Å². The Morgan fingerprint density at radius 1 is 1.26 bits per heavy atom. The second-order valence-electron chi connectivity index (χ2n) is 5.79. The van der Waals surface area contributed by atoms with Crippen LogP contribution >= 0.6 is 0 Å². The van der Waals surface area contributed by atoms with Crippen LogP contribution in [0, 0.1) is 11.8 Å². The number of benzene rings is 1. The molecule has 102 valence electrons. The first-order valence-electron chi connectivity index (χ1n) is 6.94. The maximum Gasteiger partial charge on any atom is 0.227 e. The highest BCUT2D eigenvalue weighted by Crippen LogP contribution is 2.38. The van der Waals surface area contributed by atoms with Crippen molar-refractivity contribution in [3.8, 4) is 0 Å². The zero-order chi connectivity index (χ0) is 13.4. The molecule has 3 atom stereocenters. The van der Waals surface area contributed by atoms with Gasteiger partial charge in [0.05, 0.1) is 12.5 Å². The second-order valence-corrected chi connectivity index (χ2v) is 5.79. The Morgan fingerprint density at radius 2 is 2.00 bits per heavy atom. The highest BCUT2D eigenvalue weighted by Gasteiger charge is 2.43. The topological polar surface area (TPSA) is 66.6 Å². The normalized spacial score (nSPS) is 29.5. The molecule has 3 unspecified atom stereocenters. The number of amides is 1. The molecule has 3 rings (SSSR count). The summed E-state index contributed by atoms with van der Waals surface area (Å²) in [6, 6.07) is 7.45. The van der Waals surface area contributed by atoms with Crippen LogP contribution in [0.25, 0.3) is 0 Å². The first kappa shape index (κ1) is 12.5. The number of hydrogen-bond acceptors (Lipinski definition) is 3. The molecule has 0 radical (unpaired) electrons. The van der Waals surface area contributed by atoms with E-state index in [1.807, 2.05) is 29.2 Å². The van der Waals surface area contributed by atoms with E-state index in [1.165, 1.54) is 0 Å². The molecule has 2 aliphatic rings. The summed E-state index contributed by atoms with van der Waals surface area (Å²) in [7, 11) is 0. The minimum absolute atomic E-state index is 0.159. The minimum Gasteiger partial charge on any atom is -0.399 e. The number of carbonyl (C=O) groups is 1. The number of nitrogens with zero attached hydrogens (tertiary/aromatic N) is 1. The predicted octanol–water partition coefficient (Wildman–Crippen LogP) is 1.04. The second kappa shape index (κ2) is 4.85. The summed E-state index contributed by atoms with van der Waals surface area (Å²) in [4.78, 5) is 14.2. The number of anilines is 1. The molecule has 1 aromatic carbocycles. The lowest BCUT2D eigenvalue weighted by atomic mass is 10.00. The largest absolute Gasteiger partial charge is 0.399 e. The molecule has 4 heteroatoms. The van der Waals surface area contributed by atoms with Gasteiger partial charge >= 0.3 is 0 Å². The summed E-state index contributed by atoms with van der Waals surface area (Å²) in [6.45, 7) is 1.54. The van der Waals surface area contributed by atoms with Crippen molar-refractivity contribution < 1.29 is 9.90 Å². The molecule has 0 aromatic heterocycles. The van der Waals surface area contributed by atoms with Crippen LogP contribution < -0.4 is 5.73 Å². The predicted molar refractivity (Wildman–Crippen MR) is 73.4 cm³/mol. The average Bonchev–Trinajstić information content (AvgIpc) is 2.95. The third-order valence-corrected chi connectivity index (χ3v) is 4.51. The minimum atomic E-state index is -0.209. The molecule has 0 bridgehead atoms. The summed E-state index contributed by atoms with van der Waals surface area (Å²) in [6.07, 6.45) is 2.17. The Morgan fingerprint density at radius 3 is 2.68 bits per heavy atom. The lowest BCUT2D eigenvalue weighted by molar-refractivity contribution is -0.129. The molecule has 1 amide bonds. The van der Waals surface area contributed by atoms with E-state index in [1.54, 1.807) is 0 Å². The first-order valence-corrected chi connectivity index (χ1v) is 6.94. The van der Waals surface area contributed by atoms with Gasteiger partial charge in [0.2, 0.25) is 5.91 Å². The molecule has 1 saturated heterocycles. The van der Waals surface area contributed by atoms with Crippen LogP contribution in [0.1, 0.15) is 18.4 Å². The summed E-state index contributed by atoms with van der Waals surface area (Å²) >= 11 is 0. The highest BCUT2D eigenvalue weighted by molar-refractivity contribution is 5.79. The van der Waals surface area contributed by atoms with Crippen LogP contribution in [-0.2, 0) is 11.2 Å². The van der Waals surface area contributed by atoms with Gasteiger partial charge in [-0.1, -0.05) is 12.1 Å². The van der Waals surface area contributed by atoms with Gasteiger partial charge in [0.1, 0.15) is 0 Å². The van der Waals surface area contributed by atoms with Crippen LogP contribution in [0.2, 0.25) is 0 Å². The molecule has 4 nitrogen and oxygen atoms in total. The zero-order valence-corrected chi connectivity index (χ0v) is 11.0. The Balaban J connectivity index is 1.61. The molecule has 1 aliphatic heterocycles. The number of rotatable bonds is 2. The average molecular weight is 260 g/mol. The van der Waals surface area contributed by atoms with Gasteiger partial charge < -0.3 is 15.7 Å². The number of hydrogen-bond donors (Lipinski definition) is 2. The molecule has 1 heterocycles. The maximum atomic E-state index is 12.3. The van der Waals surface area contributed by atoms with Crippen LogP contribution in [0.3, 0.4) is 0 Å². The summed E-state index contributed by atoms with van der Waals surface area (Å²) in [5, 5.41) is 9.87. The number of fused-ring (bicyclic) bond motifs is 1. The monoisotopic (exact) mass is 260 g/mol. The van der Waals surface area contributed by atoms with Crippen LogP contribution in [0.4, 0.5) is 5.69 Å². The number of carbonyl (C=O) groups excluding carboxylic acids is 1. The molecule has 0 spiro atoms. The van der Waals surface area contributed by atoms with E-state index in [-0.39, 0.29) is 12.0 Å². The van der Waals surface area contributed by atoms with Crippen molar-refractivity contribution in [1.82, 2.24) is 4.90 Å². The SMILES string of the molecule is Nc1ccc(CC(=O)N2CC3CCC(O)C3C2)cc1. The third-order valence-electron chi connectivity index (χ3n) is 4.51. The molecule has 1 aliphatic carbocycles. The van der Waals surface area contributed by atoms with Gasteiger partial charge in [-0.05, 0) is 36.5 Å². The van der Waals surface area contributed by atoms with Crippen molar-refractivity contribution >= 4 is 11.6 Å². The molecule has 1 saturated carbocycles. The van der Waals surface area contributed by atoms with Gasteiger partial charge in [-0.3, -0.25) is 4.79 Å². The molecule has 19 heavy (non-hydrogen) atoms. The third kappa shape index (κ3) is 2.45. The Bertz CT molecular complexity index is 472. The fraction of sp³-hybridized carbons (Fsp3) is 0.533. The van der Waals surface area contributed by atoms with E-state index in [0.717, 1.165) is 37.2 Å². The van der Waals surface area contributed by atoms with Gasteiger partial charge in [0, 0.05) is 24.7 Å². The number of aliphatic hydroxyl groups excluding tert-OH is 1. The van der Waals surface area contributed by atoms with E-state index >= 15 is 0 Å². The highest BCUT2D eigenvalue weighted by atomic mass is 16.3. The quantitative estimate of drug-likeness (QED) is 0.781. The van der Waals surface area contributed by atoms with Crippen molar-refractivity contribution in [2.75, 3.05) is 18.8 Å². The van der Waals surface area contributed by atoms with E-state index in [2.05, 4.69) is 0 Å². The van der Waals surface area contributed by atoms with Gasteiger partial charge in [-0.15, -0.1) is 0 Å². The molecule has 3 N–H and O–H groups in total. The van der Waals surface area contributed by atoms with E-state index in [9.17, 15) is 9.90 Å². The van der Waals surface area contributed by atoms with Crippen LogP contribution in [0.5, 0.6) is 0 Å². The maximum absolute atomic E-state index is 12.3. The first-order chi connectivity index (χ1) is 9.13. The summed E-state index contributed by atoms with van der Waals surface area (Å²) in [5.74, 6) is 0.965. The molecular formula is C15H20N2O2. The lowest BCUT2D eigenvalue weighted by Gasteiger charge is -2.18. The number of aliphatic hydroxyl groups is 1. The number of likely N-dealkylation sites (tertiary alicyclic amines) is 1. The summed E-state index contributed by atoms with van der Waals surface area (Å²) < 4.78 is 0. The summed E-state index contributed by atoms with van der Waals surface area (Å²) in [5.41, 5.74) is 7.35. The molecule has 1 aromatic rings. The van der Waals surface area contributed by atoms with Crippen molar-refractivity contribution in [2.45, 2.75) is 25.4 Å². The van der Waals surface area contributed by atoms with Crippen LogP contribution in [0.15, 0.2) is 24.3 Å². The van der Waals surface area contributed by atoms with Gasteiger partial charge in [-0.2, -0.15) is 0 Å². The van der Waals surface area contributed by atoms with Gasteiger partial charge in [0.25, 0.3) is 0 Å². The number of nitrogens with two attached hydrogens (primary N) is 1. The van der Waals surface area contributed by atoms with Crippen molar-refractivity contribution in [3.05, 3.63) is 29.8 Å². The fourth-order valence-corrected chi connectivity index (χ4v) is 3.36. The zero-order valence-electron chi connectivity index (χ0n) is 11.0. The smallest absolute Gasteiger partial charge is 0.227 e. The van der Waals surface area contributed by atoms with E-state index < -0.39 is 0 Å². The molecular weight excluding hydrogens is 240 g/mol. The lowest BCUT2D eigenvalue weighted by Crippen LogP contribution is -2.32. The van der Waals surface area contributed by atoms with E-state index in [4.69, 9.17) is 5.73 Å². The van der Waals surface area contributed by atoms with Crippen LogP contribution in [-0.4, -0.2) is 35.1 Å². The standard InChI is InChI=1S/C15H20N2O2/c16-12-4-1-10(2-5-12)7-15(19)17-8-11-3-6-14(18)13(11)9-17/h1-2,4-5,11,13-14,18H,3,6-9,16H2. The Kier molecular flexibility index (Phi) is 3.19. The fourth-order valence-electron chi connectivity index (χ4n) is 3.36. The van der Waals surface area contributed by atoms with Crippen molar-refractivity contribution in [2.24, 2.45) is 11.8 Å². The van der Waals surface area contributed by atoms with Gasteiger partial charge in [-0.25, -0.2) is 0 Å². The Labute approximate surface area is 113 Å².